The fourth-order valence-electron chi connectivity index (χ4n) is 2.73. The van der Waals surface area contributed by atoms with Gasteiger partial charge < -0.3 is 15.4 Å². The number of nitrogens with one attached hydrogen (secondary N) is 2. The number of nitrogens with zero attached hydrogens (tertiary/aromatic N) is 1. The molecular formula is C21H25Cl2N3O3. The van der Waals surface area contributed by atoms with Crippen LogP contribution in [0, 0.1) is 0 Å². The first kappa shape index (κ1) is 23.0. The molecule has 2 aromatic rings. The van der Waals surface area contributed by atoms with Gasteiger partial charge in [0, 0.05) is 21.8 Å². The summed E-state index contributed by atoms with van der Waals surface area (Å²) in [6.45, 7) is 3.64. The molecule has 29 heavy (non-hydrogen) atoms. The smallest absolute Gasteiger partial charge is 0.238 e. The number of likely N-dealkylation sites (N-methyl/N-ethyl adjacent to an activating group) is 1. The maximum atomic E-state index is 12.6. The Morgan fingerprint density at radius 1 is 1.14 bits per heavy atom. The average Bonchev–Trinajstić information content (AvgIpc) is 2.67. The number of amides is 2. The van der Waals surface area contributed by atoms with Crippen molar-refractivity contribution in [2.45, 2.75) is 25.9 Å². The summed E-state index contributed by atoms with van der Waals surface area (Å²) in [5, 5.41) is 6.74. The average molecular weight is 438 g/mol. The van der Waals surface area contributed by atoms with Crippen molar-refractivity contribution in [3.63, 3.8) is 0 Å². The van der Waals surface area contributed by atoms with Crippen molar-refractivity contribution < 1.29 is 14.3 Å². The first-order valence-electron chi connectivity index (χ1n) is 9.10. The SMILES string of the molecule is COc1cccc(NC(=O)CN(C)[C@H](C)C(=O)N[C@H](C)c2ccc(Cl)cc2Cl)c1. The van der Waals surface area contributed by atoms with Gasteiger partial charge in [-0.15, -0.1) is 0 Å². The molecule has 0 fully saturated rings. The Labute approximate surface area is 181 Å². The Kier molecular flexibility index (Phi) is 8.32. The zero-order chi connectivity index (χ0) is 21.6. The molecule has 0 radical (unpaired) electrons. The van der Waals surface area contributed by atoms with E-state index in [2.05, 4.69) is 10.6 Å². The summed E-state index contributed by atoms with van der Waals surface area (Å²) in [6.07, 6.45) is 0. The Morgan fingerprint density at radius 2 is 1.86 bits per heavy atom. The third-order valence-electron chi connectivity index (χ3n) is 4.57. The zero-order valence-electron chi connectivity index (χ0n) is 16.8. The Bertz CT molecular complexity index is 876. The van der Waals surface area contributed by atoms with E-state index in [0.29, 0.717) is 21.5 Å². The minimum absolute atomic E-state index is 0.0574. The number of ether oxygens (including phenoxy) is 1. The van der Waals surface area contributed by atoms with E-state index in [0.717, 1.165) is 5.56 Å². The second kappa shape index (κ2) is 10.5. The maximum absolute atomic E-state index is 12.6. The summed E-state index contributed by atoms with van der Waals surface area (Å²) in [5.41, 5.74) is 1.40. The second-order valence-electron chi connectivity index (χ2n) is 6.77. The van der Waals surface area contributed by atoms with Crippen LogP contribution in [0.1, 0.15) is 25.5 Å². The van der Waals surface area contributed by atoms with Crippen molar-refractivity contribution in [2.24, 2.45) is 0 Å². The molecule has 0 aromatic heterocycles. The van der Waals surface area contributed by atoms with E-state index in [4.69, 9.17) is 27.9 Å². The number of benzene rings is 2. The van der Waals surface area contributed by atoms with Crippen LogP contribution in [0.3, 0.4) is 0 Å². The van der Waals surface area contributed by atoms with Crippen molar-refractivity contribution in [2.75, 3.05) is 26.0 Å². The molecule has 0 aliphatic rings. The van der Waals surface area contributed by atoms with Crippen LogP contribution in [0.25, 0.3) is 0 Å². The first-order chi connectivity index (χ1) is 13.7. The van der Waals surface area contributed by atoms with Gasteiger partial charge in [0.15, 0.2) is 0 Å². The lowest BCUT2D eigenvalue weighted by Crippen LogP contribution is -2.46. The van der Waals surface area contributed by atoms with Gasteiger partial charge in [-0.1, -0.05) is 35.3 Å². The summed E-state index contributed by atoms with van der Waals surface area (Å²) < 4.78 is 5.14. The molecular weight excluding hydrogens is 413 g/mol. The third kappa shape index (κ3) is 6.63. The topological polar surface area (TPSA) is 70.7 Å². The van der Waals surface area contributed by atoms with Gasteiger partial charge in [-0.2, -0.15) is 0 Å². The van der Waals surface area contributed by atoms with Gasteiger partial charge >= 0.3 is 0 Å². The fourth-order valence-corrected chi connectivity index (χ4v) is 3.30. The highest BCUT2D eigenvalue weighted by Crippen LogP contribution is 2.26. The summed E-state index contributed by atoms with van der Waals surface area (Å²) in [5.74, 6) is 0.216. The van der Waals surface area contributed by atoms with E-state index in [9.17, 15) is 9.59 Å². The number of carbonyl (C=O) groups excluding carboxylic acids is 2. The Balaban J connectivity index is 1.91. The molecule has 0 saturated heterocycles. The normalized spacial score (nSPS) is 12.9. The second-order valence-corrected chi connectivity index (χ2v) is 7.61. The van der Waals surface area contributed by atoms with Crippen molar-refractivity contribution in [1.82, 2.24) is 10.2 Å². The standard InChI is InChI=1S/C21H25Cl2N3O3/c1-13(18-9-8-15(22)10-19(18)23)24-21(28)14(2)26(3)12-20(27)25-16-6-5-7-17(11-16)29-4/h5-11,13-14H,12H2,1-4H3,(H,24,28)(H,25,27)/t13-,14-/m1/s1. The molecule has 2 atom stereocenters. The number of carbonyl (C=O) groups is 2. The van der Waals surface area contributed by atoms with E-state index < -0.39 is 6.04 Å². The van der Waals surface area contributed by atoms with Gasteiger partial charge in [-0.3, -0.25) is 14.5 Å². The lowest BCUT2D eigenvalue weighted by molar-refractivity contribution is -0.127. The molecule has 0 spiro atoms. The van der Waals surface area contributed by atoms with Crippen molar-refractivity contribution >= 4 is 40.7 Å². The minimum Gasteiger partial charge on any atom is -0.497 e. The number of anilines is 1. The molecule has 2 aromatic carbocycles. The number of methoxy groups -OCH3 is 1. The van der Waals surface area contributed by atoms with Crippen molar-refractivity contribution in [3.8, 4) is 5.75 Å². The van der Waals surface area contributed by atoms with E-state index in [-0.39, 0.29) is 24.4 Å². The number of halogens is 2. The number of hydrogen-bond donors (Lipinski definition) is 2. The predicted molar refractivity (Wildman–Crippen MR) is 117 cm³/mol. The Morgan fingerprint density at radius 3 is 2.52 bits per heavy atom. The van der Waals surface area contributed by atoms with Gasteiger partial charge in [-0.25, -0.2) is 0 Å². The highest BCUT2D eigenvalue weighted by atomic mass is 35.5. The van der Waals surface area contributed by atoms with Crippen LogP contribution in [-0.2, 0) is 9.59 Å². The molecule has 0 aliphatic carbocycles. The molecule has 2 rings (SSSR count). The Hall–Kier alpha value is -2.28. The lowest BCUT2D eigenvalue weighted by Gasteiger charge is -2.25. The van der Waals surface area contributed by atoms with Gasteiger partial charge in [0.05, 0.1) is 25.7 Å². The predicted octanol–water partition coefficient (Wildman–Crippen LogP) is 4.14. The van der Waals surface area contributed by atoms with E-state index in [1.165, 1.54) is 0 Å². The molecule has 6 nitrogen and oxygen atoms in total. The third-order valence-corrected chi connectivity index (χ3v) is 5.14. The maximum Gasteiger partial charge on any atom is 0.238 e. The molecule has 156 valence electrons. The molecule has 8 heteroatoms. The van der Waals surface area contributed by atoms with Crippen LogP contribution in [-0.4, -0.2) is 43.5 Å². The van der Waals surface area contributed by atoms with Gasteiger partial charge in [0.25, 0.3) is 0 Å². The van der Waals surface area contributed by atoms with Crippen molar-refractivity contribution in [3.05, 3.63) is 58.1 Å². The summed E-state index contributed by atoms with van der Waals surface area (Å²) in [7, 11) is 3.28. The van der Waals surface area contributed by atoms with Crippen LogP contribution in [0.2, 0.25) is 10.0 Å². The van der Waals surface area contributed by atoms with Gasteiger partial charge in [0.2, 0.25) is 11.8 Å². The molecule has 0 heterocycles. The van der Waals surface area contributed by atoms with Crippen LogP contribution in [0.5, 0.6) is 5.75 Å². The quantitative estimate of drug-likeness (QED) is 0.650. The highest BCUT2D eigenvalue weighted by Gasteiger charge is 2.22. The monoisotopic (exact) mass is 437 g/mol. The molecule has 2 amide bonds. The molecule has 0 aliphatic heterocycles. The zero-order valence-corrected chi connectivity index (χ0v) is 18.3. The van der Waals surface area contributed by atoms with Crippen molar-refractivity contribution in [1.29, 1.82) is 0 Å². The molecule has 0 unspecified atom stereocenters. The number of rotatable bonds is 8. The van der Waals surface area contributed by atoms with Gasteiger partial charge in [-0.05, 0) is 50.7 Å². The van der Waals surface area contributed by atoms with E-state index >= 15 is 0 Å². The first-order valence-corrected chi connectivity index (χ1v) is 9.86. The summed E-state index contributed by atoms with van der Waals surface area (Å²) >= 11 is 12.1. The number of hydrogen-bond acceptors (Lipinski definition) is 4. The fraction of sp³-hybridized carbons (Fsp3) is 0.333. The van der Waals surface area contributed by atoms with Crippen LogP contribution >= 0.6 is 23.2 Å². The largest absolute Gasteiger partial charge is 0.497 e. The minimum atomic E-state index is -0.514. The summed E-state index contributed by atoms with van der Waals surface area (Å²) in [4.78, 5) is 26.6. The lowest BCUT2D eigenvalue weighted by atomic mass is 10.1. The van der Waals surface area contributed by atoms with Crippen LogP contribution in [0.4, 0.5) is 5.69 Å². The van der Waals surface area contributed by atoms with Crippen LogP contribution < -0.4 is 15.4 Å². The highest BCUT2D eigenvalue weighted by molar-refractivity contribution is 6.35. The van der Waals surface area contributed by atoms with E-state index in [1.54, 1.807) is 68.4 Å². The summed E-state index contributed by atoms with van der Waals surface area (Å²) in [6, 6.07) is 11.4. The van der Waals surface area contributed by atoms with Crippen LogP contribution in [0.15, 0.2) is 42.5 Å². The van der Waals surface area contributed by atoms with E-state index in [1.807, 2.05) is 6.92 Å². The van der Waals surface area contributed by atoms with Gasteiger partial charge in [0.1, 0.15) is 5.75 Å². The molecule has 2 N–H and O–H groups in total. The molecule has 0 bridgehead atoms. The molecule has 0 saturated carbocycles.